The third-order valence-corrected chi connectivity index (χ3v) is 2.75. The van der Waals surface area contributed by atoms with Crippen LogP contribution in [-0.2, 0) is 11.3 Å². The fraction of sp³-hybridized carbons (Fsp3) is 0.429. The number of aromatic nitrogens is 2. The highest BCUT2D eigenvalue weighted by Gasteiger charge is 2.10. The molecule has 0 spiro atoms. The first kappa shape index (κ1) is 15.3. The van der Waals surface area contributed by atoms with Crippen LogP contribution in [0.25, 0.3) is 0 Å². The van der Waals surface area contributed by atoms with Gasteiger partial charge in [-0.1, -0.05) is 0 Å². The zero-order chi connectivity index (χ0) is 14.9. The largest absolute Gasteiger partial charge is 0.454 e. The fourth-order valence-electron chi connectivity index (χ4n) is 1.77. The zero-order valence-electron chi connectivity index (χ0n) is 11.7. The quantitative estimate of drug-likeness (QED) is 0.663. The van der Waals surface area contributed by atoms with Crippen LogP contribution >= 0.6 is 0 Å². The smallest absolute Gasteiger partial charge is 0.286 e. The Kier molecular flexibility index (Phi) is 5.99. The van der Waals surface area contributed by atoms with Crippen LogP contribution in [0.5, 0.6) is 0 Å². The molecular formula is C14H19N3O4. The molecule has 0 aliphatic heterocycles. The van der Waals surface area contributed by atoms with E-state index in [1.165, 1.54) is 0 Å². The second-order valence-electron chi connectivity index (χ2n) is 4.42. The van der Waals surface area contributed by atoms with Crippen LogP contribution in [0, 0.1) is 0 Å². The number of amides is 1. The Morgan fingerprint density at radius 3 is 3.10 bits per heavy atom. The van der Waals surface area contributed by atoms with E-state index in [0.29, 0.717) is 38.5 Å². The lowest BCUT2D eigenvalue weighted by Crippen LogP contribution is -2.25. The van der Waals surface area contributed by atoms with Crippen molar-refractivity contribution in [2.24, 2.45) is 0 Å². The number of hydrogen-bond acceptors (Lipinski definition) is 5. The monoisotopic (exact) mass is 293 g/mol. The molecule has 7 heteroatoms. The minimum Gasteiger partial charge on any atom is -0.454 e. The minimum atomic E-state index is -0.246. The molecule has 0 fully saturated rings. The molecule has 0 aliphatic rings. The summed E-state index contributed by atoms with van der Waals surface area (Å²) in [6, 6.07) is 5.24. The van der Waals surface area contributed by atoms with Crippen LogP contribution in [0.15, 0.2) is 35.0 Å². The van der Waals surface area contributed by atoms with Gasteiger partial charge in [-0.2, -0.15) is 5.10 Å². The summed E-state index contributed by atoms with van der Waals surface area (Å²) in [6.45, 7) is 1.83. The average molecular weight is 293 g/mol. The van der Waals surface area contributed by atoms with Gasteiger partial charge in [0.2, 0.25) is 0 Å². The molecule has 2 N–H and O–H groups in total. The van der Waals surface area contributed by atoms with E-state index in [4.69, 9.17) is 14.3 Å². The van der Waals surface area contributed by atoms with Gasteiger partial charge in [-0.25, -0.2) is 0 Å². The number of hydrogen-bond donors (Lipinski definition) is 2. The number of furan rings is 1. The lowest BCUT2D eigenvalue weighted by molar-refractivity contribution is 0.0855. The first-order valence-corrected chi connectivity index (χ1v) is 6.82. The topological polar surface area (TPSA) is 89.5 Å². The molecule has 0 saturated heterocycles. The highest BCUT2D eigenvalue weighted by atomic mass is 16.5. The number of nitrogens with one attached hydrogen (secondary N) is 1. The number of carbonyl (C=O) groups excluding carboxylic acids is 1. The first-order valence-electron chi connectivity index (χ1n) is 6.82. The van der Waals surface area contributed by atoms with Gasteiger partial charge in [0.15, 0.2) is 5.76 Å². The molecule has 0 bridgehead atoms. The van der Waals surface area contributed by atoms with Crippen molar-refractivity contribution in [3.63, 3.8) is 0 Å². The molecule has 21 heavy (non-hydrogen) atoms. The van der Waals surface area contributed by atoms with Gasteiger partial charge >= 0.3 is 0 Å². The number of aliphatic hydroxyl groups is 1. The van der Waals surface area contributed by atoms with Crippen molar-refractivity contribution < 1.29 is 19.1 Å². The highest BCUT2D eigenvalue weighted by Crippen LogP contribution is 2.09. The summed E-state index contributed by atoms with van der Waals surface area (Å²) >= 11 is 0. The summed E-state index contributed by atoms with van der Waals surface area (Å²) in [5.74, 6) is 0.715. The molecular weight excluding hydrogens is 274 g/mol. The third-order valence-electron chi connectivity index (χ3n) is 2.75. The van der Waals surface area contributed by atoms with E-state index in [2.05, 4.69) is 10.4 Å². The molecule has 0 unspecified atom stereocenters. The standard InChI is InChI=1S/C14H19N3O4/c18-8-10-20-9-2-5-15-14(19)13-4-3-12(21-13)11-17-7-1-6-16-17/h1,3-4,6-7,18H,2,5,8-11H2,(H,15,19). The predicted molar refractivity (Wildman–Crippen MR) is 74.9 cm³/mol. The number of aliphatic hydroxyl groups excluding tert-OH is 1. The molecule has 0 atom stereocenters. The summed E-state index contributed by atoms with van der Waals surface area (Å²) < 4.78 is 12.3. The second-order valence-corrected chi connectivity index (χ2v) is 4.42. The Morgan fingerprint density at radius 1 is 1.43 bits per heavy atom. The Morgan fingerprint density at radius 2 is 2.33 bits per heavy atom. The molecule has 0 radical (unpaired) electrons. The Balaban J connectivity index is 1.71. The third kappa shape index (κ3) is 5.05. The van der Waals surface area contributed by atoms with Gasteiger partial charge in [-0.15, -0.1) is 0 Å². The number of ether oxygens (including phenoxy) is 1. The van der Waals surface area contributed by atoms with Crippen LogP contribution in [0.3, 0.4) is 0 Å². The summed E-state index contributed by atoms with van der Waals surface area (Å²) in [5.41, 5.74) is 0. The minimum absolute atomic E-state index is 0.0117. The van der Waals surface area contributed by atoms with E-state index < -0.39 is 0 Å². The Bertz CT molecular complexity index is 536. The van der Waals surface area contributed by atoms with Crippen molar-refractivity contribution in [2.45, 2.75) is 13.0 Å². The number of nitrogens with zero attached hydrogens (tertiary/aromatic N) is 2. The van der Waals surface area contributed by atoms with Crippen molar-refractivity contribution in [1.82, 2.24) is 15.1 Å². The molecule has 2 aromatic heterocycles. The van der Waals surface area contributed by atoms with Crippen molar-refractivity contribution in [3.8, 4) is 0 Å². The van der Waals surface area contributed by atoms with Crippen LogP contribution in [-0.4, -0.2) is 47.2 Å². The second kappa shape index (κ2) is 8.23. The molecule has 2 heterocycles. The molecule has 0 aromatic carbocycles. The van der Waals surface area contributed by atoms with Gasteiger partial charge in [-0.05, 0) is 24.6 Å². The van der Waals surface area contributed by atoms with E-state index in [1.54, 1.807) is 23.0 Å². The van der Waals surface area contributed by atoms with Gasteiger partial charge < -0.3 is 19.6 Å². The van der Waals surface area contributed by atoms with Crippen molar-refractivity contribution in [2.75, 3.05) is 26.4 Å². The number of rotatable bonds is 9. The van der Waals surface area contributed by atoms with Crippen LogP contribution < -0.4 is 5.32 Å². The number of carbonyl (C=O) groups is 1. The zero-order valence-corrected chi connectivity index (χ0v) is 11.7. The van der Waals surface area contributed by atoms with E-state index in [-0.39, 0.29) is 18.3 Å². The lowest BCUT2D eigenvalue weighted by Gasteiger charge is -2.04. The van der Waals surface area contributed by atoms with Crippen LogP contribution in [0.4, 0.5) is 0 Å². The Hall–Kier alpha value is -2.12. The van der Waals surface area contributed by atoms with E-state index in [0.717, 1.165) is 0 Å². The van der Waals surface area contributed by atoms with Crippen LogP contribution in [0.2, 0.25) is 0 Å². The molecule has 0 aliphatic carbocycles. The highest BCUT2D eigenvalue weighted by molar-refractivity contribution is 5.91. The first-order chi connectivity index (χ1) is 10.3. The van der Waals surface area contributed by atoms with Gasteiger partial charge in [0.25, 0.3) is 5.91 Å². The SMILES string of the molecule is O=C(NCCCOCCO)c1ccc(Cn2cccn2)o1. The molecule has 2 rings (SSSR count). The Labute approximate surface area is 122 Å². The fourth-order valence-corrected chi connectivity index (χ4v) is 1.77. The maximum absolute atomic E-state index is 11.8. The van der Waals surface area contributed by atoms with E-state index >= 15 is 0 Å². The predicted octanol–water partition coefficient (Wildman–Crippen LogP) is 0.653. The van der Waals surface area contributed by atoms with Crippen LogP contribution in [0.1, 0.15) is 22.7 Å². The van der Waals surface area contributed by atoms with Crippen molar-refractivity contribution in [1.29, 1.82) is 0 Å². The van der Waals surface area contributed by atoms with Gasteiger partial charge in [0, 0.05) is 25.5 Å². The van der Waals surface area contributed by atoms with Gasteiger partial charge in [0.05, 0.1) is 19.8 Å². The maximum atomic E-state index is 11.8. The molecule has 114 valence electrons. The van der Waals surface area contributed by atoms with E-state index in [1.807, 2.05) is 12.3 Å². The summed E-state index contributed by atoms with van der Waals surface area (Å²) in [4.78, 5) is 11.8. The van der Waals surface area contributed by atoms with E-state index in [9.17, 15) is 4.79 Å². The summed E-state index contributed by atoms with van der Waals surface area (Å²) in [6.07, 6.45) is 4.21. The summed E-state index contributed by atoms with van der Waals surface area (Å²) in [5, 5.41) is 15.4. The van der Waals surface area contributed by atoms with Gasteiger partial charge in [-0.3, -0.25) is 9.48 Å². The maximum Gasteiger partial charge on any atom is 0.286 e. The van der Waals surface area contributed by atoms with Crippen molar-refractivity contribution >= 4 is 5.91 Å². The molecule has 7 nitrogen and oxygen atoms in total. The molecule has 0 saturated carbocycles. The molecule has 1 amide bonds. The van der Waals surface area contributed by atoms with Gasteiger partial charge in [0.1, 0.15) is 5.76 Å². The molecule has 2 aromatic rings. The summed E-state index contributed by atoms with van der Waals surface area (Å²) in [7, 11) is 0. The van der Waals surface area contributed by atoms with Crippen molar-refractivity contribution in [3.05, 3.63) is 42.1 Å². The average Bonchev–Trinajstić information content (AvgIpc) is 3.15. The normalized spacial score (nSPS) is 10.7. The lowest BCUT2D eigenvalue weighted by atomic mass is 10.4.